The standard InChI is InChI=1S/C22H14N4O4S2/c27-21-19-15(8-9-31-19)23-22(26(21)14-4-2-1-3-5-14)32-11-18-24-20(25-30-18)13-6-7-16-17(10-13)29-12-28-16/h1-10H,11-12H2. The minimum atomic E-state index is -0.0923. The first-order valence-electron chi connectivity index (χ1n) is 9.67. The molecule has 158 valence electrons. The minimum absolute atomic E-state index is 0.0923. The molecule has 5 aromatic rings. The van der Waals surface area contributed by atoms with Gasteiger partial charge < -0.3 is 14.0 Å². The molecule has 0 fully saturated rings. The molecule has 0 spiro atoms. The largest absolute Gasteiger partial charge is 0.454 e. The zero-order valence-corrected chi connectivity index (χ0v) is 18.1. The van der Waals surface area contributed by atoms with Crippen LogP contribution in [0.3, 0.4) is 0 Å². The second kappa shape index (κ2) is 7.81. The first kappa shape index (κ1) is 19.1. The highest BCUT2D eigenvalue weighted by Crippen LogP contribution is 2.35. The van der Waals surface area contributed by atoms with Gasteiger partial charge in [0.2, 0.25) is 18.5 Å². The van der Waals surface area contributed by atoms with E-state index in [0.29, 0.717) is 44.3 Å². The highest BCUT2D eigenvalue weighted by molar-refractivity contribution is 7.98. The zero-order valence-electron chi connectivity index (χ0n) is 16.4. The molecule has 8 nitrogen and oxygen atoms in total. The van der Waals surface area contributed by atoms with Gasteiger partial charge >= 0.3 is 0 Å². The number of rotatable bonds is 5. The summed E-state index contributed by atoms with van der Waals surface area (Å²) in [6, 6.07) is 16.8. The molecule has 0 saturated heterocycles. The number of thiophene rings is 1. The van der Waals surface area contributed by atoms with Gasteiger partial charge in [-0.15, -0.1) is 11.3 Å². The van der Waals surface area contributed by atoms with E-state index < -0.39 is 0 Å². The first-order valence-corrected chi connectivity index (χ1v) is 11.5. The van der Waals surface area contributed by atoms with Gasteiger partial charge in [-0.1, -0.05) is 35.1 Å². The van der Waals surface area contributed by atoms with Gasteiger partial charge in [0, 0.05) is 5.56 Å². The number of hydrogen-bond acceptors (Lipinski definition) is 9. The molecule has 6 rings (SSSR count). The fourth-order valence-corrected chi connectivity index (χ4v) is 5.00. The summed E-state index contributed by atoms with van der Waals surface area (Å²) in [7, 11) is 0. The summed E-state index contributed by atoms with van der Waals surface area (Å²) in [5.41, 5.74) is 2.12. The second-order valence-corrected chi connectivity index (χ2v) is 8.73. The van der Waals surface area contributed by atoms with E-state index in [4.69, 9.17) is 19.0 Å². The van der Waals surface area contributed by atoms with Gasteiger partial charge in [-0.2, -0.15) is 4.98 Å². The third-order valence-corrected chi connectivity index (χ3v) is 6.70. The Balaban J connectivity index is 1.31. The number of nitrogens with zero attached hydrogens (tertiary/aromatic N) is 4. The normalized spacial score (nSPS) is 12.5. The number of hydrogen-bond donors (Lipinski definition) is 0. The molecule has 0 radical (unpaired) electrons. The Kier molecular flexibility index (Phi) is 4.66. The van der Waals surface area contributed by atoms with Crippen LogP contribution in [0.2, 0.25) is 0 Å². The number of aromatic nitrogens is 4. The summed E-state index contributed by atoms with van der Waals surface area (Å²) in [4.78, 5) is 22.3. The molecule has 0 N–H and O–H groups in total. The third kappa shape index (κ3) is 3.33. The molecule has 3 aromatic heterocycles. The quantitative estimate of drug-likeness (QED) is 0.278. The summed E-state index contributed by atoms with van der Waals surface area (Å²) in [5.74, 6) is 2.61. The Hall–Kier alpha value is -3.63. The van der Waals surface area contributed by atoms with Crippen LogP contribution < -0.4 is 15.0 Å². The van der Waals surface area contributed by atoms with Crippen LogP contribution in [0.25, 0.3) is 27.3 Å². The lowest BCUT2D eigenvalue weighted by atomic mass is 10.2. The molecule has 0 saturated carbocycles. The van der Waals surface area contributed by atoms with Crippen LogP contribution in [-0.2, 0) is 5.75 Å². The Morgan fingerprint density at radius 2 is 1.91 bits per heavy atom. The van der Waals surface area contributed by atoms with Gasteiger partial charge in [0.25, 0.3) is 5.56 Å². The van der Waals surface area contributed by atoms with Crippen LogP contribution in [0.5, 0.6) is 11.5 Å². The summed E-state index contributed by atoms with van der Waals surface area (Å²) >= 11 is 2.76. The van der Waals surface area contributed by atoms with Gasteiger partial charge in [0.15, 0.2) is 16.7 Å². The van der Waals surface area contributed by atoms with Gasteiger partial charge in [-0.05, 0) is 41.8 Å². The fourth-order valence-electron chi connectivity index (χ4n) is 3.39. The van der Waals surface area contributed by atoms with Crippen LogP contribution in [0.4, 0.5) is 0 Å². The molecule has 1 aliphatic rings. The number of thioether (sulfide) groups is 1. The van der Waals surface area contributed by atoms with Crippen molar-refractivity contribution in [1.29, 1.82) is 0 Å². The number of ether oxygens (including phenoxy) is 2. The molecular weight excluding hydrogens is 448 g/mol. The van der Waals surface area contributed by atoms with Crippen molar-refractivity contribution < 1.29 is 14.0 Å². The lowest BCUT2D eigenvalue weighted by molar-refractivity contribution is 0.174. The highest BCUT2D eigenvalue weighted by Gasteiger charge is 2.18. The molecular formula is C22H14N4O4S2. The van der Waals surface area contributed by atoms with E-state index in [1.807, 2.05) is 60.0 Å². The predicted octanol–water partition coefficient (Wildman–Crippen LogP) is 4.52. The summed E-state index contributed by atoms with van der Waals surface area (Å²) in [5, 5.41) is 6.52. The maximum Gasteiger partial charge on any atom is 0.276 e. The van der Waals surface area contributed by atoms with Crippen LogP contribution in [0.1, 0.15) is 5.89 Å². The minimum Gasteiger partial charge on any atom is -0.454 e. The van der Waals surface area contributed by atoms with Crippen molar-refractivity contribution in [3.8, 4) is 28.6 Å². The smallest absolute Gasteiger partial charge is 0.276 e. The SMILES string of the molecule is O=c1c2sccc2nc(SCc2nc(-c3ccc4c(c3)OCO4)no2)n1-c1ccccc1. The van der Waals surface area contributed by atoms with Crippen LogP contribution in [0.15, 0.2) is 74.5 Å². The molecule has 0 amide bonds. The molecule has 32 heavy (non-hydrogen) atoms. The summed E-state index contributed by atoms with van der Waals surface area (Å²) < 4.78 is 18.4. The number of benzene rings is 2. The van der Waals surface area contributed by atoms with Gasteiger partial charge in [-0.25, -0.2) is 4.98 Å². The van der Waals surface area contributed by atoms with Crippen LogP contribution in [-0.4, -0.2) is 26.5 Å². The lowest BCUT2D eigenvalue weighted by Crippen LogP contribution is -2.20. The zero-order chi connectivity index (χ0) is 21.5. The average molecular weight is 463 g/mol. The monoisotopic (exact) mass is 462 g/mol. The van der Waals surface area contributed by atoms with Gasteiger partial charge in [-0.3, -0.25) is 9.36 Å². The van der Waals surface area contributed by atoms with Crippen molar-refractivity contribution in [3.63, 3.8) is 0 Å². The highest BCUT2D eigenvalue weighted by atomic mass is 32.2. The molecule has 1 aliphatic heterocycles. The van der Waals surface area contributed by atoms with Gasteiger partial charge in [0.05, 0.1) is 17.0 Å². The van der Waals surface area contributed by atoms with Crippen molar-refractivity contribution in [3.05, 3.63) is 76.2 Å². The molecule has 4 heterocycles. The third-order valence-electron chi connectivity index (χ3n) is 4.89. The molecule has 10 heteroatoms. The molecule has 0 atom stereocenters. The molecule has 0 bridgehead atoms. The maximum atomic E-state index is 13.2. The van der Waals surface area contributed by atoms with Crippen LogP contribution >= 0.6 is 23.1 Å². The van der Waals surface area contributed by atoms with E-state index in [1.165, 1.54) is 23.1 Å². The Morgan fingerprint density at radius 3 is 2.81 bits per heavy atom. The van der Waals surface area contributed by atoms with E-state index in [0.717, 1.165) is 11.3 Å². The lowest BCUT2D eigenvalue weighted by Gasteiger charge is -2.11. The Morgan fingerprint density at radius 1 is 1.03 bits per heavy atom. The van der Waals surface area contributed by atoms with Crippen molar-refractivity contribution in [2.24, 2.45) is 0 Å². The molecule has 0 aliphatic carbocycles. The van der Waals surface area contributed by atoms with E-state index in [-0.39, 0.29) is 12.4 Å². The number of fused-ring (bicyclic) bond motifs is 2. The van der Waals surface area contributed by atoms with Crippen molar-refractivity contribution in [2.75, 3.05) is 6.79 Å². The average Bonchev–Trinajstić information content (AvgIpc) is 3.58. The van der Waals surface area contributed by atoms with Gasteiger partial charge in [0.1, 0.15) is 4.70 Å². The summed E-state index contributed by atoms with van der Waals surface area (Å²) in [6.45, 7) is 0.206. The van der Waals surface area contributed by atoms with Crippen LogP contribution in [0, 0.1) is 0 Å². The van der Waals surface area contributed by atoms with E-state index in [9.17, 15) is 4.79 Å². The van der Waals surface area contributed by atoms with E-state index >= 15 is 0 Å². The second-order valence-electron chi connectivity index (χ2n) is 6.87. The van der Waals surface area contributed by atoms with E-state index in [1.54, 1.807) is 4.57 Å². The first-order chi connectivity index (χ1) is 15.8. The topological polar surface area (TPSA) is 92.3 Å². The molecule has 0 unspecified atom stereocenters. The summed E-state index contributed by atoms with van der Waals surface area (Å²) in [6.07, 6.45) is 0. The number of para-hydroxylation sites is 1. The van der Waals surface area contributed by atoms with Crippen molar-refractivity contribution in [1.82, 2.24) is 19.7 Å². The Labute approximate surface area is 189 Å². The molecule has 2 aromatic carbocycles. The maximum absolute atomic E-state index is 13.2. The van der Waals surface area contributed by atoms with Crippen molar-refractivity contribution >= 4 is 33.3 Å². The Bertz CT molecular complexity index is 1490. The fraction of sp³-hybridized carbons (Fsp3) is 0.0909. The predicted molar refractivity (Wildman–Crippen MR) is 121 cm³/mol. The van der Waals surface area contributed by atoms with Crippen molar-refractivity contribution in [2.45, 2.75) is 10.9 Å². The van der Waals surface area contributed by atoms with E-state index in [2.05, 4.69) is 10.1 Å².